The molecular weight excluding hydrogens is 560 g/mol. The molecule has 0 aromatic carbocycles. The predicted octanol–water partition coefficient (Wildman–Crippen LogP) is 5.91. The predicted molar refractivity (Wildman–Crippen MR) is 172 cm³/mol. The van der Waals surface area contributed by atoms with Crippen LogP contribution in [0.25, 0.3) is 0 Å². The van der Waals surface area contributed by atoms with Gasteiger partial charge >= 0.3 is 0 Å². The van der Waals surface area contributed by atoms with Crippen LogP contribution in [0.15, 0.2) is 22.8 Å². The number of rotatable bonds is 24. The zero-order valence-electron chi connectivity index (χ0n) is 27.6. The van der Waals surface area contributed by atoms with Gasteiger partial charge in [-0.2, -0.15) is 0 Å². The average Bonchev–Trinajstić information content (AvgIpc) is 3.00. The lowest BCUT2D eigenvalue weighted by atomic mass is 9.97. The molecule has 0 bridgehead atoms. The fourth-order valence-corrected chi connectivity index (χ4v) is 4.84. The van der Waals surface area contributed by atoms with Crippen molar-refractivity contribution in [3.05, 3.63) is 22.8 Å². The Morgan fingerprint density at radius 3 is 0.750 bits per heavy atom. The van der Waals surface area contributed by atoms with Crippen LogP contribution in [-0.2, 0) is 28.8 Å². The van der Waals surface area contributed by atoms with Crippen molar-refractivity contribution < 1.29 is 28.8 Å². The molecule has 0 aromatic rings. The van der Waals surface area contributed by atoms with Crippen molar-refractivity contribution in [3.8, 4) is 0 Å². The summed E-state index contributed by atoms with van der Waals surface area (Å²) in [6.07, 6.45) is 14.1. The van der Waals surface area contributed by atoms with Gasteiger partial charge in [-0.25, -0.2) is 0 Å². The van der Waals surface area contributed by atoms with Crippen LogP contribution < -0.4 is 21.3 Å². The number of hydrogen-bond donors (Lipinski definition) is 4. The van der Waals surface area contributed by atoms with Crippen LogP contribution in [0, 0.1) is 0 Å². The van der Waals surface area contributed by atoms with Crippen LogP contribution in [-0.4, -0.2) is 35.2 Å². The zero-order chi connectivity index (χ0) is 32.7. The lowest BCUT2D eigenvalue weighted by Crippen LogP contribution is -2.47. The number of ketones is 2. The minimum Gasteiger partial charge on any atom is -0.321 e. The molecule has 10 heteroatoms. The van der Waals surface area contributed by atoms with E-state index in [1.165, 1.54) is 0 Å². The van der Waals surface area contributed by atoms with Crippen LogP contribution in [0.1, 0.15) is 156 Å². The van der Waals surface area contributed by atoms with Crippen molar-refractivity contribution in [2.24, 2.45) is 0 Å². The van der Waals surface area contributed by atoms with Crippen molar-refractivity contribution >= 4 is 35.2 Å². The average molecular weight is 617 g/mol. The summed E-state index contributed by atoms with van der Waals surface area (Å²) in [4.78, 5) is 79.2. The summed E-state index contributed by atoms with van der Waals surface area (Å²) in [5.74, 6) is -3.56. The first kappa shape index (κ1) is 38.7. The van der Waals surface area contributed by atoms with Gasteiger partial charge in [0.2, 0.25) is 35.2 Å². The SMILES string of the molecule is CCCCCCC(=O)NC1=C(NC(=O)CCCCCC)C(=O)C(NC(=O)CCCCCC)=C(NC(=O)CCCCCC)C1=O. The third kappa shape index (κ3) is 14.9. The van der Waals surface area contributed by atoms with E-state index >= 15 is 0 Å². The first-order valence-electron chi connectivity index (χ1n) is 17.0. The molecule has 1 aliphatic carbocycles. The maximum Gasteiger partial charge on any atom is 0.230 e. The molecule has 10 nitrogen and oxygen atoms in total. The highest BCUT2D eigenvalue weighted by Crippen LogP contribution is 2.22. The smallest absolute Gasteiger partial charge is 0.230 e. The highest BCUT2D eigenvalue weighted by Gasteiger charge is 2.38. The summed E-state index contributed by atoms with van der Waals surface area (Å²) in [5, 5.41) is 10.2. The molecule has 4 N–H and O–H groups in total. The molecule has 0 radical (unpaired) electrons. The van der Waals surface area contributed by atoms with E-state index in [9.17, 15) is 28.8 Å². The van der Waals surface area contributed by atoms with E-state index < -0.39 is 35.2 Å². The number of carbonyl (C=O) groups is 6. The van der Waals surface area contributed by atoms with Crippen LogP contribution in [0.4, 0.5) is 0 Å². The van der Waals surface area contributed by atoms with E-state index in [2.05, 4.69) is 49.0 Å². The molecular formula is C34H56N4O6. The quantitative estimate of drug-likeness (QED) is 0.0782. The Balaban J connectivity index is 3.37. The lowest BCUT2D eigenvalue weighted by Gasteiger charge is -2.25. The Hall–Kier alpha value is -3.30. The van der Waals surface area contributed by atoms with Crippen molar-refractivity contribution in [2.45, 2.75) is 156 Å². The molecule has 44 heavy (non-hydrogen) atoms. The van der Waals surface area contributed by atoms with E-state index in [1.54, 1.807) is 0 Å². The van der Waals surface area contributed by atoms with Gasteiger partial charge in [0.1, 0.15) is 22.8 Å². The summed E-state index contributed by atoms with van der Waals surface area (Å²) in [5.41, 5.74) is -1.56. The van der Waals surface area contributed by atoms with E-state index in [0.717, 1.165) is 77.0 Å². The Kier molecular flexibility index (Phi) is 20.4. The summed E-state index contributed by atoms with van der Waals surface area (Å²) >= 11 is 0. The standard InChI is InChI=1S/C34H56N4O6/c1-5-9-13-17-21-25(39)35-29-30(36-26(40)22-18-14-10-6-2)34(44)32(38-28(42)24-20-16-12-8-4)31(33(29)43)37-27(41)23-19-15-11-7-3/h5-24H2,1-4H3,(H,35,39)(H,36,40)(H,37,41)(H,38,42). The number of nitrogens with one attached hydrogen (secondary N) is 4. The van der Waals surface area contributed by atoms with Gasteiger partial charge in [-0.15, -0.1) is 0 Å². The second-order valence-electron chi connectivity index (χ2n) is 11.6. The van der Waals surface area contributed by atoms with Gasteiger partial charge < -0.3 is 21.3 Å². The van der Waals surface area contributed by atoms with Crippen LogP contribution in [0.3, 0.4) is 0 Å². The minimum atomic E-state index is -0.837. The molecule has 0 saturated heterocycles. The second-order valence-corrected chi connectivity index (χ2v) is 11.6. The van der Waals surface area contributed by atoms with Gasteiger partial charge in [-0.1, -0.05) is 105 Å². The number of amides is 4. The van der Waals surface area contributed by atoms with Gasteiger partial charge in [-0.05, 0) is 25.7 Å². The monoisotopic (exact) mass is 616 g/mol. The molecule has 0 aromatic heterocycles. The highest BCUT2D eigenvalue weighted by molar-refractivity contribution is 6.27. The number of Topliss-reactive ketones (excluding diaryl/α,β-unsaturated/α-hetero) is 2. The van der Waals surface area contributed by atoms with Crippen molar-refractivity contribution in [1.29, 1.82) is 0 Å². The van der Waals surface area contributed by atoms with Crippen LogP contribution in [0.2, 0.25) is 0 Å². The summed E-state index contributed by atoms with van der Waals surface area (Å²) < 4.78 is 0. The molecule has 0 spiro atoms. The van der Waals surface area contributed by atoms with Crippen molar-refractivity contribution in [3.63, 3.8) is 0 Å². The Morgan fingerprint density at radius 2 is 0.568 bits per heavy atom. The zero-order valence-corrected chi connectivity index (χ0v) is 27.6. The molecule has 4 amide bonds. The van der Waals surface area contributed by atoms with Crippen LogP contribution >= 0.6 is 0 Å². The molecule has 0 heterocycles. The van der Waals surface area contributed by atoms with Gasteiger partial charge in [0.25, 0.3) is 0 Å². The van der Waals surface area contributed by atoms with Crippen molar-refractivity contribution in [1.82, 2.24) is 21.3 Å². The molecule has 1 rings (SSSR count). The fraction of sp³-hybridized carbons (Fsp3) is 0.706. The Labute approximate surface area is 264 Å². The summed E-state index contributed by atoms with van der Waals surface area (Å²) in [6.45, 7) is 8.23. The van der Waals surface area contributed by atoms with E-state index in [0.29, 0.717) is 25.7 Å². The molecule has 0 aliphatic heterocycles. The second kappa shape index (κ2) is 23.1. The van der Waals surface area contributed by atoms with Gasteiger partial charge in [0.05, 0.1) is 0 Å². The first-order valence-corrected chi connectivity index (χ1v) is 17.0. The molecule has 1 aliphatic rings. The largest absolute Gasteiger partial charge is 0.321 e. The van der Waals surface area contributed by atoms with Gasteiger partial charge in [0.15, 0.2) is 0 Å². The van der Waals surface area contributed by atoms with Crippen LogP contribution in [0.5, 0.6) is 0 Å². The molecule has 0 unspecified atom stereocenters. The van der Waals surface area contributed by atoms with Gasteiger partial charge in [-0.3, -0.25) is 28.8 Å². The molecule has 248 valence electrons. The maximum atomic E-state index is 13.9. The van der Waals surface area contributed by atoms with E-state index in [1.807, 2.05) is 0 Å². The minimum absolute atomic E-state index is 0.132. The highest BCUT2D eigenvalue weighted by atomic mass is 16.2. The summed E-state index contributed by atoms with van der Waals surface area (Å²) in [6, 6.07) is 0. The summed E-state index contributed by atoms with van der Waals surface area (Å²) in [7, 11) is 0. The fourth-order valence-electron chi connectivity index (χ4n) is 4.84. The van der Waals surface area contributed by atoms with E-state index in [4.69, 9.17) is 0 Å². The topological polar surface area (TPSA) is 151 Å². The van der Waals surface area contributed by atoms with Gasteiger partial charge in [0, 0.05) is 25.7 Å². The first-order chi connectivity index (χ1) is 21.2. The number of hydrogen-bond acceptors (Lipinski definition) is 6. The Bertz CT molecular complexity index is 888. The molecule has 0 atom stereocenters. The molecule has 0 fully saturated rings. The number of carbonyl (C=O) groups excluding carboxylic acids is 6. The lowest BCUT2D eigenvalue weighted by molar-refractivity contribution is -0.126. The normalized spacial score (nSPS) is 13.3. The third-order valence-electron chi connectivity index (χ3n) is 7.50. The van der Waals surface area contributed by atoms with E-state index in [-0.39, 0.29) is 48.5 Å². The number of unbranched alkanes of at least 4 members (excludes halogenated alkanes) is 12. The maximum absolute atomic E-state index is 13.9. The van der Waals surface area contributed by atoms with Crippen molar-refractivity contribution in [2.75, 3.05) is 0 Å². The Morgan fingerprint density at radius 1 is 0.364 bits per heavy atom. The molecule has 0 saturated carbocycles. The third-order valence-corrected chi connectivity index (χ3v) is 7.50.